The van der Waals surface area contributed by atoms with Gasteiger partial charge < -0.3 is 9.47 Å². The number of rotatable bonds is 2. The highest BCUT2D eigenvalue weighted by molar-refractivity contribution is 5.60. The lowest BCUT2D eigenvalue weighted by molar-refractivity contribution is -0.274. The maximum atomic E-state index is 12.1. The highest BCUT2D eigenvalue weighted by Crippen LogP contribution is 2.33. The second-order valence-corrected chi connectivity index (χ2v) is 4.55. The van der Waals surface area contributed by atoms with Crippen molar-refractivity contribution in [3.63, 3.8) is 0 Å². The summed E-state index contributed by atoms with van der Waals surface area (Å²) in [5, 5.41) is 0. The minimum atomic E-state index is -4.68. The molecule has 21 heavy (non-hydrogen) atoms. The van der Waals surface area contributed by atoms with Gasteiger partial charge in [-0.25, -0.2) is 0 Å². The number of benzene rings is 2. The van der Waals surface area contributed by atoms with Crippen LogP contribution in [0.25, 0.3) is 6.08 Å². The van der Waals surface area contributed by atoms with Gasteiger partial charge in [0.2, 0.25) is 0 Å². The first kappa shape index (κ1) is 13.5. The molecule has 2 aromatic carbocycles. The zero-order valence-corrected chi connectivity index (χ0v) is 10.8. The number of para-hydroxylation sites is 1. The molecule has 0 bridgehead atoms. The summed E-state index contributed by atoms with van der Waals surface area (Å²) in [6, 6.07) is 13.2. The fourth-order valence-corrected chi connectivity index (χ4v) is 2.13. The van der Waals surface area contributed by atoms with Crippen LogP contribution in [0.2, 0.25) is 0 Å². The van der Waals surface area contributed by atoms with Crippen molar-refractivity contribution in [3.8, 4) is 11.5 Å². The van der Waals surface area contributed by atoms with Gasteiger partial charge in [0.15, 0.2) is 0 Å². The number of ether oxygens (including phenoxy) is 2. The van der Waals surface area contributed by atoms with Gasteiger partial charge in [-0.3, -0.25) is 0 Å². The zero-order valence-electron chi connectivity index (χ0n) is 10.8. The minimum absolute atomic E-state index is 0.244. The summed E-state index contributed by atoms with van der Waals surface area (Å²) >= 11 is 0. The molecule has 0 saturated carbocycles. The minimum Gasteiger partial charge on any atom is -0.481 e. The Hall–Kier alpha value is -2.43. The van der Waals surface area contributed by atoms with Crippen LogP contribution >= 0.6 is 0 Å². The maximum Gasteiger partial charge on any atom is 0.573 e. The second-order valence-electron chi connectivity index (χ2n) is 4.55. The van der Waals surface area contributed by atoms with Crippen LogP contribution in [-0.4, -0.2) is 6.36 Å². The van der Waals surface area contributed by atoms with E-state index in [0.717, 1.165) is 16.9 Å². The van der Waals surface area contributed by atoms with Gasteiger partial charge in [-0.1, -0.05) is 36.4 Å². The van der Waals surface area contributed by atoms with E-state index in [1.54, 1.807) is 12.1 Å². The molecule has 3 rings (SSSR count). The lowest BCUT2D eigenvalue weighted by Gasteiger charge is -2.22. The van der Waals surface area contributed by atoms with Gasteiger partial charge in [0.05, 0.1) is 0 Å². The van der Waals surface area contributed by atoms with E-state index in [0.29, 0.717) is 0 Å². The Morgan fingerprint density at radius 2 is 1.67 bits per heavy atom. The van der Waals surface area contributed by atoms with Gasteiger partial charge in [0.1, 0.15) is 17.6 Å². The summed E-state index contributed by atoms with van der Waals surface area (Å²) in [5.41, 5.74) is 1.74. The summed E-state index contributed by atoms with van der Waals surface area (Å²) in [7, 11) is 0. The molecule has 0 aliphatic carbocycles. The molecule has 1 heterocycles. The summed E-state index contributed by atoms with van der Waals surface area (Å²) in [6.07, 6.45) is -1.20. The lowest BCUT2D eigenvalue weighted by Crippen LogP contribution is -2.17. The number of fused-ring (bicyclic) bond motifs is 1. The monoisotopic (exact) mass is 292 g/mol. The van der Waals surface area contributed by atoms with Crippen molar-refractivity contribution in [2.45, 2.75) is 12.5 Å². The highest BCUT2D eigenvalue weighted by Gasteiger charge is 2.31. The molecule has 1 aliphatic heterocycles. The van der Waals surface area contributed by atoms with E-state index in [1.165, 1.54) is 12.1 Å². The van der Waals surface area contributed by atoms with Crippen LogP contribution in [0.4, 0.5) is 13.2 Å². The van der Waals surface area contributed by atoms with Crippen LogP contribution in [0.1, 0.15) is 17.2 Å². The van der Waals surface area contributed by atoms with E-state index in [2.05, 4.69) is 4.74 Å². The normalized spacial score (nSPS) is 17.0. The van der Waals surface area contributed by atoms with Crippen molar-refractivity contribution in [1.82, 2.24) is 0 Å². The highest BCUT2D eigenvalue weighted by atomic mass is 19.4. The van der Waals surface area contributed by atoms with Gasteiger partial charge >= 0.3 is 6.36 Å². The Balaban J connectivity index is 1.77. The Morgan fingerprint density at radius 3 is 2.38 bits per heavy atom. The molecular formula is C16H11F3O2. The first-order valence-corrected chi connectivity index (χ1v) is 6.31. The van der Waals surface area contributed by atoms with E-state index in [1.807, 2.05) is 36.4 Å². The van der Waals surface area contributed by atoms with Crippen LogP contribution < -0.4 is 9.47 Å². The molecule has 0 amide bonds. The van der Waals surface area contributed by atoms with Gasteiger partial charge in [0.25, 0.3) is 0 Å². The van der Waals surface area contributed by atoms with Crippen LogP contribution in [0.3, 0.4) is 0 Å². The summed E-state index contributed by atoms with van der Waals surface area (Å²) in [4.78, 5) is 0. The third kappa shape index (κ3) is 3.18. The topological polar surface area (TPSA) is 18.5 Å². The number of halogens is 3. The molecule has 0 N–H and O–H groups in total. The molecule has 0 radical (unpaired) electrons. The molecule has 1 atom stereocenters. The molecule has 0 spiro atoms. The Bertz CT molecular complexity index is 660. The predicted octanol–water partition coefficient (Wildman–Crippen LogP) is 4.73. The maximum absolute atomic E-state index is 12.1. The first-order valence-electron chi connectivity index (χ1n) is 6.31. The van der Waals surface area contributed by atoms with Crippen LogP contribution in [0, 0.1) is 0 Å². The average molecular weight is 292 g/mol. The number of hydrogen-bond donors (Lipinski definition) is 0. The zero-order chi connectivity index (χ0) is 14.9. The van der Waals surface area contributed by atoms with Gasteiger partial charge in [-0.05, 0) is 29.8 Å². The average Bonchev–Trinajstić information content (AvgIpc) is 2.46. The second kappa shape index (κ2) is 5.16. The third-order valence-electron chi connectivity index (χ3n) is 3.07. The van der Waals surface area contributed by atoms with Gasteiger partial charge in [0, 0.05) is 5.56 Å². The van der Waals surface area contributed by atoms with E-state index in [-0.39, 0.29) is 11.9 Å². The molecule has 2 aromatic rings. The fourth-order valence-electron chi connectivity index (χ4n) is 2.13. The van der Waals surface area contributed by atoms with Crippen LogP contribution in [0.15, 0.2) is 54.6 Å². The standard InChI is InChI=1S/C16H11F3O2/c17-16(18,19)21-13-8-5-12(6-9-13)15-10-7-11-3-1-2-4-14(11)20-15/h1-10,15H. The van der Waals surface area contributed by atoms with Crippen LogP contribution in [-0.2, 0) is 0 Å². The summed E-state index contributed by atoms with van der Waals surface area (Å²) in [6.45, 7) is 0. The van der Waals surface area contributed by atoms with Crippen molar-refractivity contribution >= 4 is 6.08 Å². The molecular weight excluding hydrogens is 281 g/mol. The number of alkyl halides is 3. The van der Waals surface area contributed by atoms with E-state index < -0.39 is 6.36 Å². The molecule has 0 fully saturated rings. The Morgan fingerprint density at radius 1 is 0.952 bits per heavy atom. The lowest BCUT2D eigenvalue weighted by atomic mass is 10.0. The van der Waals surface area contributed by atoms with E-state index >= 15 is 0 Å². The Kier molecular flexibility index (Phi) is 3.33. The van der Waals surface area contributed by atoms with E-state index in [4.69, 9.17) is 4.74 Å². The molecule has 0 aromatic heterocycles. The fraction of sp³-hybridized carbons (Fsp3) is 0.125. The van der Waals surface area contributed by atoms with E-state index in [9.17, 15) is 13.2 Å². The molecule has 5 heteroatoms. The van der Waals surface area contributed by atoms with Crippen molar-refractivity contribution in [1.29, 1.82) is 0 Å². The summed E-state index contributed by atoms with van der Waals surface area (Å²) < 4.78 is 46.0. The SMILES string of the molecule is FC(F)(F)Oc1ccc(C2C=Cc3ccccc3O2)cc1. The molecule has 1 aliphatic rings. The third-order valence-corrected chi connectivity index (χ3v) is 3.07. The molecule has 108 valence electrons. The van der Waals surface area contributed by atoms with Crippen molar-refractivity contribution < 1.29 is 22.6 Å². The van der Waals surface area contributed by atoms with Crippen LogP contribution in [0.5, 0.6) is 11.5 Å². The summed E-state index contributed by atoms with van der Waals surface area (Å²) in [5.74, 6) is 0.507. The van der Waals surface area contributed by atoms with Crippen molar-refractivity contribution in [2.75, 3.05) is 0 Å². The largest absolute Gasteiger partial charge is 0.573 e. The van der Waals surface area contributed by atoms with Crippen molar-refractivity contribution in [3.05, 3.63) is 65.7 Å². The van der Waals surface area contributed by atoms with Crippen molar-refractivity contribution in [2.24, 2.45) is 0 Å². The first-order chi connectivity index (χ1) is 10.0. The molecule has 1 unspecified atom stereocenters. The molecule has 2 nitrogen and oxygen atoms in total. The Labute approximate surface area is 119 Å². The van der Waals surface area contributed by atoms with Gasteiger partial charge in [-0.15, -0.1) is 13.2 Å². The van der Waals surface area contributed by atoms with Gasteiger partial charge in [-0.2, -0.15) is 0 Å². The molecule has 0 saturated heterocycles. The number of hydrogen-bond acceptors (Lipinski definition) is 2. The predicted molar refractivity (Wildman–Crippen MR) is 72.0 cm³/mol. The quantitative estimate of drug-likeness (QED) is 0.796. The smallest absolute Gasteiger partial charge is 0.481 e.